The Morgan fingerprint density at radius 1 is 0.769 bits per heavy atom. The number of aliphatic hydroxyl groups excluding tert-OH is 2. The van der Waals surface area contributed by atoms with Crippen LogP contribution in [0.25, 0.3) is 0 Å². The molecule has 4 N–H and O–H groups in total. The minimum Gasteiger partial charge on any atom is -0.491 e. The maximum absolute atomic E-state index is 9.87. The zero-order valence-electron chi connectivity index (χ0n) is 16.2. The molecule has 0 aromatic heterocycles. The Bertz CT molecular complexity index is 401. The van der Waals surface area contributed by atoms with Crippen LogP contribution in [0.5, 0.6) is 11.5 Å². The highest BCUT2D eigenvalue weighted by atomic mass is 16.5. The Kier molecular flexibility index (Phi) is 12.9. The van der Waals surface area contributed by atoms with E-state index < -0.39 is 12.2 Å². The van der Waals surface area contributed by atoms with Crippen LogP contribution in [0.15, 0.2) is 24.3 Å². The van der Waals surface area contributed by atoms with Crippen LogP contribution < -0.4 is 20.1 Å². The molecule has 0 aliphatic carbocycles. The maximum Gasteiger partial charge on any atom is 0.119 e. The van der Waals surface area contributed by atoms with E-state index in [4.69, 9.17) is 9.47 Å². The molecule has 150 valence electrons. The van der Waals surface area contributed by atoms with Gasteiger partial charge in [-0.1, -0.05) is 26.7 Å². The number of aliphatic hydroxyl groups is 2. The summed E-state index contributed by atoms with van der Waals surface area (Å²) < 4.78 is 11.2. The molecule has 0 radical (unpaired) electrons. The average molecular weight is 369 g/mol. The van der Waals surface area contributed by atoms with Gasteiger partial charge in [0.1, 0.15) is 36.9 Å². The van der Waals surface area contributed by atoms with Gasteiger partial charge in [-0.15, -0.1) is 0 Å². The van der Waals surface area contributed by atoms with Crippen molar-refractivity contribution in [3.8, 4) is 11.5 Å². The van der Waals surface area contributed by atoms with Crippen molar-refractivity contribution < 1.29 is 19.7 Å². The quantitative estimate of drug-likeness (QED) is 0.334. The Hall–Kier alpha value is -1.34. The third-order valence-electron chi connectivity index (χ3n) is 3.88. The Morgan fingerprint density at radius 3 is 1.50 bits per heavy atom. The summed E-state index contributed by atoms with van der Waals surface area (Å²) in [5.74, 6) is 1.37. The third-order valence-corrected chi connectivity index (χ3v) is 3.88. The van der Waals surface area contributed by atoms with Crippen LogP contribution in [0.3, 0.4) is 0 Å². The smallest absolute Gasteiger partial charge is 0.119 e. The van der Waals surface area contributed by atoms with Crippen LogP contribution in [-0.2, 0) is 0 Å². The summed E-state index contributed by atoms with van der Waals surface area (Å²) in [6.07, 6.45) is 3.44. The number of benzene rings is 1. The third kappa shape index (κ3) is 11.3. The lowest BCUT2D eigenvalue weighted by Crippen LogP contribution is -2.32. The topological polar surface area (TPSA) is 83.0 Å². The van der Waals surface area contributed by atoms with Crippen LogP contribution in [0.2, 0.25) is 0 Å². The fraction of sp³-hybridized carbons (Fsp3) is 0.700. The number of rotatable bonds is 16. The van der Waals surface area contributed by atoms with Gasteiger partial charge in [0.15, 0.2) is 0 Å². The SMILES string of the molecule is CCCCNCC(O)COc1ccc(OCC(O)CNCCCC)cc1. The molecule has 0 aliphatic rings. The van der Waals surface area contributed by atoms with Gasteiger partial charge in [-0.3, -0.25) is 0 Å². The molecule has 6 nitrogen and oxygen atoms in total. The second-order valence-corrected chi connectivity index (χ2v) is 6.52. The van der Waals surface area contributed by atoms with Crippen molar-refractivity contribution in [3.05, 3.63) is 24.3 Å². The molecule has 0 aliphatic heterocycles. The normalized spacial score (nSPS) is 13.4. The van der Waals surface area contributed by atoms with Crippen molar-refractivity contribution in [1.82, 2.24) is 10.6 Å². The van der Waals surface area contributed by atoms with E-state index in [2.05, 4.69) is 24.5 Å². The monoisotopic (exact) mass is 368 g/mol. The van der Waals surface area contributed by atoms with Gasteiger partial charge in [-0.25, -0.2) is 0 Å². The molecule has 0 saturated carbocycles. The van der Waals surface area contributed by atoms with Gasteiger partial charge in [0.2, 0.25) is 0 Å². The van der Waals surface area contributed by atoms with Gasteiger partial charge in [0.25, 0.3) is 0 Å². The summed E-state index contributed by atoms with van der Waals surface area (Å²) in [4.78, 5) is 0. The summed E-state index contributed by atoms with van der Waals surface area (Å²) in [6.45, 7) is 7.68. The molecule has 1 rings (SSSR count). The number of hydrogen-bond donors (Lipinski definition) is 4. The fourth-order valence-electron chi connectivity index (χ4n) is 2.28. The molecule has 0 fully saturated rings. The Labute approximate surface area is 157 Å². The number of nitrogens with one attached hydrogen (secondary N) is 2. The van der Waals surface area contributed by atoms with E-state index in [1.54, 1.807) is 24.3 Å². The van der Waals surface area contributed by atoms with Crippen LogP contribution in [0.1, 0.15) is 39.5 Å². The Balaban J connectivity index is 2.18. The van der Waals surface area contributed by atoms with Gasteiger partial charge < -0.3 is 30.3 Å². The molecule has 0 heterocycles. The summed E-state index contributed by atoms with van der Waals surface area (Å²) in [5.41, 5.74) is 0. The van der Waals surface area contributed by atoms with Crippen molar-refractivity contribution in [2.75, 3.05) is 39.4 Å². The van der Waals surface area contributed by atoms with Crippen molar-refractivity contribution in [2.24, 2.45) is 0 Å². The van der Waals surface area contributed by atoms with E-state index in [1.165, 1.54) is 0 Å². The number of unbranched alkanes of at least 4 members (excludes halogenated alkanes) is 2. The Morgan fingerprint density at radius 2 is 1.15 bits per heavy atom. The van der Waals surface area contributed by atoms with Crippen molar-refractivity contribution in [3.63, 3.8) is 0 Å². The lowest BCUT2D eigenvalue weighted by Gasteiger charge is -2.15. The van der Waals surface area contributed by atoms with E-state index in [1.807, 2.05) is 0 Å². The number of hydrogen-bond acceptors (Lipinski definition) is 6. The van der Waals surface area contributed by atoms with E-state index in [9.17, 15) is 10.2 Å². The molecule has 6 heteroatoms. The minimum absolute atomic E-state index is 0.251. The summed E-state index contributed by atoms with van der Waals surface area (Å²) >= 11 is 0. The molecule has 1 aromatic rings. The van der Waals surface area contributed by atoms with Gasteiger partial charge in [-0.05, 0) is 50.2 Å². The predicted molar refractivity (Wildman–Crippen MR) is 105 cm³/mol. The highest BCUT2D eigenvalue weighted by Gasteiger charge is 2.07. The lowest BCUT2D eigenvalue weighted by molar-refractivity contribution is 0.104. The average Bonchev–Trinajstić information content (AvgIpc) is 2.66. The van der Waals surface area contributed by atoms with E-state index in [0.717, 1.165) is 38.8 Å². The second kappa shape index (κ2) is 14.8. The first-order valence-electron chi connectivity index (χ1n) is 9.78. The van der Waals surface area contributed by atoms with E-state index >= 15 is 0 Å². The van der Waals surface area contributed by atoms with Gasteiger partial charge in [-0.2, -0.15) is 0 Å². The fourth-order valence-corrected chi connectivity index (χ4v) is 2.28. The number of ether oxygens (including phenoxy) is 2. The van der Waals surface area contributed by atoms with Crippen molar-refractivity contribution >= 4 is 0 Å². The predicted octanol–water partition coefficient (Wildman–Crippen LogP) is 1.95. The van der Waals surface area contributed by atoms with Gasteiger partial charge in [0, 0.05) is 13.1 Å². The molecule has 0 spiro atoms. The molecular formula is C20H36N2O4. The van der Waals surface area contributed by atoms with Crippen LogP contribution in [0, 0.1) is 0 Å². The first kappa shape index (κ1) is 22.7. The van der Waals surface area contributed by atoms with Crippen molar-refractivity contribution in [1.29, 1.82) is 0 Å². The molecule has 0 amide bonds. The van der Waals surface area contributed by atoms with E-state index in [0.29, 0.717) is 24.6 Å². The van der Waals surface area contributed by atoms with Crippen molar-refractivity contribution in [2.45, 2.75) is 51.7 Å². The maximum atomic E-state index is 9.87. The van der Waals surface area contributed by atoms with Gasteiger partial charge >= 0.3 is 0 Å². The summed E-state index contributed by atoms with van der Waals surface area (Å²) in [7, 11) is 0. The molecule has 1 aromatic carbocycles. The molecule has 0 bridgehead atoms. The van der Waals surface area contributed by atoms with Crippen LogP contribution in [-0.4, -0.2) is 61.8 Å². The molecule has 2 unspecified atom stereocenters. The second-order valence-electron chi connectivity index (χ2n) is 6.52. The molecule has 0 saturated heterocycles. The molecule has 2 atom stereocenters. The van der Waals surface area contributed by atoms with Crippen LogP contribution >= 0.6 is 0 Å². The van der Waals surface area contributed by atoms with Crippen LogP contribution in [0.4, 0.5) is 0 Å². The first-order valence-corrected chi connectivity index (χ1v) is 9.78. The lowest BCUT2D eigenvalue weighted by atomic mass is 10.3. The standard InChI is InChI=1S/C20H36N2O4/c1-3-5-11-21-13-17(23)15-25-19-7-9-20(10-8-19)26-16-18(24)14-22-12-6-4-2/h7-10,17-18,21-24H,3-6,11-16H2,1-2H3. The first-order chi connectivity index (χ1) is 12.7. The largest absolute Gasteiger partial charge is 0.491 e. The van der Waals surface area contributed by atoms with Gasteiger partial charge in [0.05, 0.1) is 0 Å². The highest BCUT2D eigenvalue weighted by Crippen LogP contribution is 2.17. The zero-order valence-corrected chi connectivity index (χ0v) is 16.2. The highest BCUT2D eigenvalue weighted by molar-refractivity contribution is 5.31. The minimum atomic E-state index is -0.530. The molecular weight excluding hydrogens is 332 g/mol. The zero-order chi connectivity index (χ0) is 19.0. The molecule has 26 heavy (non-hydrogen) atoms. The summed E-state index contributed by atoms with van der Waals surface area (Å²) in [5, 5.41) is 26.1. The summed E-state index contributed by atoms with van der Waals surface area (Å²) in [6, 6.07) is 7.22. The van der Waals surface area contributed by atoms with E-state index in [-0.39, 0.29) is 13.2 Å².